The third-order valence-corrected chi connectivity index (χ3v) is 3.69. The van der Waals surface area contributed by atoms with E-state index in [9.17, 15) is 4.79 Å². The van der Waals surface area contributed by atoms with Crippen molar-refractivity contribution in [3.8, 4) is 0 Å². The summed E-state index contributed by atoms with van der Waals surface area (Å²) in [6.07, 6.45) is 5.99. The SMILES string of the molecule is O=C(c1n[nH]c(C2CC2)n1)N1CCn2ccnc2C1. The molecule has 7 heteroatoms. The average molecular weight is 258 g/mol. The summed E-state index contributed by atoms with van der Waals surface area (Å²) in [6, 6.07) is 0. The van der Waals surface area contributed by atoms with Gasteiger partial charge < -0.3 is 9.47 Å². The number of hydrogen-bond donors (Lipinski definition) is 1. The van der Waals surface area contributed by atoms with E-state index in [1.165, 1.54) is 0 Å². The smallest absolute Gasteiger partial charge is 0.293 e. The first kappa shape index (κ1) is 10.7. The van der Waals surface area contributed by atoms with Crippen molar-refractivity contribution >= 4 is 5.91 Å². The summed E-state index contributed by atoms with van der Waals surface area (Å²) < 4.78 is 2.07. The molecule has 2 aromatic rings. The predicted octanol–water partition coefficient (Wildman–Crippen LogP) is 0.535. The molecule has 1 amide bonds. The fourth-order valence-corrected chi connectivity index (χ4v) is 2.40. The monoisotopic (exact) mass is 258 g/mol. The maximum atomic E-state index is 12.3. The Bertz CT molecular complexity index is 626. The third kappa shape index (κ3) is 1.81. The highest BCUT2D eigenvalue weighted by atomic mass is 16.2. The molecule has 4 rings (SSSR count). The number of fused-ring (bicyclic) bond motifs is 1. The normalized spacial score (nSPS) is 18.4. The quantitative estimate of drug-likeness (QED) is 0.852. The molecule has 3 heterocycles. The molecule has 7 nitrogen and oxygen atoms in total. The van der Waals surface area contributed by atoms with Gasteiger partial charge in [-0.05, 0) is 12.8 Å². The molecule has 0 bridgehead atoms. The molecule has 1 saturated carbocycles. The zero-order valence-electron chi connectivity index (χ0n) is 10.4. The van der Waals surface area contributed by atoms with Crippen molar-refractivity contribution in [2.45, 2.75) is 31.8 Å². The van der Waals surface area contributed by atoms with Crippen LogP contribution in [-0.4, -0.2) is 42.1 Å². The summed E-state index contributed by atoms with van der Waals surface area (Å²) in [5, 5.41) is 6.91. The van der Waals surface area contributed by atoms with E-state index in [0.29, 0.717) is 19.0 Å². The summed E-state index contributed by atoms with van der Waals surface area (Å²) in [4.78, 5) is 22.6. The van der Waals surface area contributed by atoms with Gasteiger partial charge in [-0.25, -0.2) is 9.97 Å². The number of aromatic nitrogens is 5. The number of nitrogens with one attached hydrogen (secondary N) is 1. The Labute approximate surface area is 109 Å². The number of imidazole rings is 1. The maximum absolute atomic E-state index is 12.3. The number of H-pyrrole nitrogens is 1. The Hall–Kier alpha value is -2.18. The van der Waals surface area contributed by atoms with Gasteiger partial charge in [0.05, 0.1) is 6.54 Å². The second-order valence-corrected chi connectivity index (χ2v) is 5.08. The molecule has 19 heavy (non-hydrogen) atoms. The first-order valence-electron chi connectivity index (χ1n) is 6.53. The van der Waals surface area contributed by atoms with Crippen molar-refractivity contribution in [1.82, 2.24) is 29.6 Å². The molecule has 0 radical (unpaired) electrons. The van der Waals surface area contributed by atoms with Crippen LogP contribution in [0.15, 0.2) is 12.4 Å². The van der Waals surface area contributed by atoms with Crippen LogP contribution in [0.1, 0.15) is 41.0 Å². The lowest BCUT2D eigenvalue weighted by Gasteiger charge is -2.26. The zero-order chi connectivity index (χ0) is 12.8. The summed E-state index contributed by atoms with van der Waals surface area (Å²) in [5.41, 5.74) is 0. The topological polar surface area (TPSA) is 79.7 Å². The highest BCUT2D eigenvalue weighted by Crippen LogP contribution is 2.37. The molecule has 2 aromatic heterocycles. The van der Waals surface area contributed by atoms with E-state index < -0.39 is 0 Å². The number of hydrogen-bond acceptors (Lipinski definition) is 4. The van der Waals surface area contributed by atoms with Gasteiger partial charge in [0.2, 0.25) is 5.82 Å². The zero-order valence-corrected chi connectivity index (χ0v) is 10.4. The van der Waals surface area contributed by atoms with Gasteiger partial charge in [-0.3, -0.25) is 9.89 Å². The third-order valence-electron chi connectivity index (χ3n) is 3.69. The molecule has 1 N–H and O–H groups in total. The molecule has 0 aromatic carbocycles. The van der Waals surface area contributed by atoms with Gasteiger partial charge in [0.15, 0.2) is 0 Å². The molecule has 2 aliphatic rings. The largest absolute Gasteiger partial charge is 0.332 e. The average Bonchev–Trinajstić information content (AvgIpc) is 3.00. The van der Waals surface area contributed by atoms with E-state index >= 15 is 0 Å². The van der Waals surface area contributed by atoms with Crippen LogP contribution in [0.3, 0.4) is 0 Å². The van der Waals surface area contributed by atoms with E-state index in [4.69, 9.17) is 0 Å². The van der Waals surface area contributed by atoms with Crippen molar-refractivity contribution in [3.63, 3.8) is 0 Å². The van der Waals surface area contributed by atoms with Crippen LogP contribution in [0, 0.1) is 0 Å². The van der Waals surface area contributed by atoms with Gasteiger partial charge in [0.25, 0.3) is 5.91 Å². The fourth-order valence-electron chi connectivity index (χ4n) is 2.40. The first-order valence-corrected chi connectivity index (χ1v) is 6.53. The summed E-state index contributed by atoms with van der Waals surface area (Å²) in [5.74, 6) is 2.41. The van der Waals surface area contributed by atoms with Crippen LogP contribution >= 0.6 is 0 Å². The second-order valence-electron chi connectivity index (χ2n) is 5.08. The lowest BCUT2D eigenvalue weighted by molar-refractivity contribution is 0.0695. The minimum atomic E-state index is -0.114. The Morgan fingerprint density at radius 3 is 3.11 bits per heavy atom. The number of rotatable bonds is 2. The molecule has 1 aliphatic carbocycles. The molecule has 1 fully saturated rings. The molecular formula is C12H14N6O. The van der Waals surface area contributed by atoms with Crippen LogP contribution in [-0.2, 0) is 13.1 Å². The van der Waals surface area contributed by atoms with E-state index in [1.54, 1.807) is 11.1 Å². The van der Waals surface area contributed by atoms with Gasteiger partial charge in [-0.1, -0.05) is 0 Å². The lowest BCUT2D eigenvalue weighted by atomic mass is 10.3. The maximum Gasteiger partial charge on any atom is 0.293 e. The van der Waals surface area contributed by atoms with E-state index in [1.807, 2.05) is 6.20 Å². The van der Waals surface area contributed by atoms with Gasteiger partial charge in [-0.2, -0.15) is 0 Å². The van der Waals surface area contributed by atoms with Gasteiger partial charge >= 0.3 is 0 Å². The lowest BCUT2D eigenvalue weighted by Crippen LogP contribution is -2.38. The van der Waals surface area contributed by atoms with Crippen molar-refractivity contribution < 1.29 is 4.79 Å². The first-order chi connectivity index (χ1) is 9.31. The van der Waals surface area contributed by atoms with Gasteiger partial charge in [-0.15, -0.1) is 5.10 Å². The standard InChI is InChI=1S/C12H14N6O/c19-12(11-14-10(15-16-11)8-1-2-8)18-6-5-17-4-3-13-9(17)7-18/h3-4,8H,1-2,5-7H2,(H,14,15,16). The van der Waals surface area contributed by atoms with Crippen molar-refractivity contribution in [3.05, 3.63) is 29.9 Å². The molecule has 0 unspecified atom stereocenters. The Morgan fingerprint density at radius 1 is 1.37 bits per heavy atom. The van der Waals surface area contributed by atoms with Crippen molar-refractivity contribution in [2.24, 2.45) is 0 Å². The van der Waals surface area contributed by atoms with Crippen molar-refractivity contribution in [2.75, 3.05) is 6.54 Å². The number of carbonyl (C=O) groups excluding carboxylic acids is 1. The van der Waals surface area contributed by atoms with Gasteiger partial charge in [0, 0.05) is 31.4 Å². The summed E-state index contributed by atoms with van der Waals surface area (Å²) in [6.45, 7) is 1.98. The molecule has 0 atom stereocenters. The molecular weight excluding hydrogens is 244 g/mol. The predicted molar refractivity (Wildman–Crippen MR) is 65.3 cm³/mol. The van der Waals surface area contributed by atoms with Gasteiger partial charge in [0.1, 0.15) is 11.6 Å². The molecule has 0 spiro atoms. The summed E-state index contributed by atoms with van der Waals surface area (Å²) >= 11 is 0. The minimum Gasteiger partial charge on any atom is -0.332 e. The van der Waals surface area contributed by atoms with Crippen LogP contribution in [0.5, 0.6) is 0 Å². The highest BCUT2D eigenvalue weighted by molar-refractivity contribution is 5.90. The molecule has 1 aliphatic heterocycles. The number of nitrogens with zero attached hydrogens (tertiary/aromatic N) is 5. The number of aromatic amines is 1. The fraction of sp³-hybridized carbons (Fsp3) is 0.500. The Balaban J connectivity index is 1.54. The summed E-state index contributed by atoms with van der Waals surface area (Å²) in [7, 11) is 0. The van der Waals surface area contributed by atoms with Crippen molar-refractivity contribution in [1.29, 1.82) is 0 Å². The minimum absolute atomic E-state index is 0.114. The Kier molecular flexibility index (Phi) is 2.20. The van der Waals surface area contributed by atoms with E-state index in [-0.39, 0.29) is 11.7 Å². The molecule has 98 valence electrons. The highest BCUT2D eigenvalue weighted by Gasteiger charge is 2.30. The Morgan fingerprint density at radius 2 is 2.26 bits per heavy atom. The van der Waals surface area contributed by atoms with Crippen LogP contribution < -0.4 is 0 Å². The molecule has 0 saturated heterocycles. The second kappa shape index (κ2) is 3.91. The number of amides is 1. The number of carbonyl (C=O) groups is 1. The van der Waals surface area contributed by atoms with E-state index in [0.717, 1.165) is 31.0 Å². The van der Waals surface area contributed by atoms with E-state index in [2.05, 4.69) is 24.7 Å². The van der Waals surface area contributed by atoms with Crippen LogP contribution in [0.4, 0.5) is 0 Å². The van der Waals surface area contributed by atoms with Crippen LogP contribution in [0.25, 0.3) is 0 Å². The van der Waals surface area contributed by atoms with Crippen LogP contribution in [0.2, 0.25) is 0 Å².